The van der Waals surface area contributed by atoms with E-state index in [1.807, 2.05) is 0 Å². The summed E-state index contributed by atoms with van der Waals surface area (Å²) < 4.78 is 41.4. The quantitative estimate of drug-likeness (QED) is 0.528. The number of hydrogen-bond acceptors (Lipinski definition) is 7. The summed E-state index contributed by atoms with van der Waals surface area (Å²) in [5.41, 5.74) is 0.854. The van der Waals surface area contributed by atoms with E-state index in [-0.39, 0.29) is 35.1 Å². The molecule has 3 heterocycles. The predicted molar refractivity (Wildman–Crippen MR) is 126 cm³/mol. The number of likely N-dealkylation sites (tertiary alicyclic amines) is 1. The average molecular weight is 503 g/mol. The standard InChI is InChI=1S/C24H28F2N6O4/c1-4-27-23(33)17-6-5-16(21(25)22(17)26)18-11-19-20(12-28-18)32(30-29-19)15-7-9-31(10-8-15)24(34)36-14(2)13-35-3/h5-6,11-12,14-15H,4,7-10,13H2,1-3H3,(H,27,33)/t14-/m0/s1. The van der Waals surface area contributed by atoms with Gasteiger partial charge in [0.25, 0.3) is 5.91 Å². The lowest BCUT2D eigenvalue weighted by molar-refractivity contribution is 0.0231. The highest BCUT2D eigenvalue weighted by Gasteiger charge is 2.28. The van der Waals surface area contributed by atoms with Crippen LogP contribution in [0.2, 0.25) is 0 Å². The Balaban J connectivity index is 1.49. The first-order valence-electron chi connectivity index (χ1n) is 11.8. The number of fused-ring (bicyclic) bond motifs is 1. The Morgan fingerprint density at radius 3 is 2.67 bits per heavy atom. The molecule has 2 amide bonds. The van der Waals surface area contributed by atoms with Crippen molar-refractivity contribution in [2.45, 2.75) is 38.8 Å². The molecule has 10 nitrogen and oxygen atoms in total. The van der Waals surface area contributed by atoms with Crippen LogP contribution >= 0.6 is 0 Å². The summed E-state index contributed by atoms with van der Waals surface area (Å²) in [5, 5.41) is 10.9. The van der Waals surface area contributed by atoms with E-state index in [1.54, 1.807) is 30.5 Å². The Morgan fingerprint density at radius 2 is 1.97 bits per heavy atom. The van der Waals surface area contributed by atoms with Crippen LogP contribution in [0.4, 0.5) is 13.6 Å². The van der Waals surface area contributed by atoms with Gasteiger partial charge < -0.3 is 19.7 Å². The number of aromatic nitrogens is 4. The zero-order valence-electron chi connectivity index (χ0n) is 20.3. The lowest BCUT2D eigenvalue weighted by Gasteiger charge is -2.32. The van der Waals surface area contributed by atoms with Crippen LogP contribution in [0.25, 0.3) is 22.3 Å². The van der Waals surface area contributed by atoms with Crippen LogP contribution in [0.5, 0.6) is 0 Å². The minimum Gasteiger partial charge on any atom is -0.444 e. The zero-order chi connectivity index (χ0) is 25.8. The summed E-state index contributed by atoms with van der Waals surface area (Å²) >= 11 is 0. The Morgan fingerprint density at radius 1 is 1.22 bits per heavy atom. The Bertz CT molecular complexity index is 1260. The second-order valence-corrected chi connectivity index (χ2v) is 8.61. The SMILES string of the molecule is CCNC(=O)c1ccc(-c2cc3nnn(C4CCN(C(=O)O[C@@H](C)COC)CC4)c3cn2)c(F)c1F. The molecule has 0 saturated carbocycles. The van der Waals surface area contributed by atoms with Gasteiger partial charge in [-0.25, -0.2) is 18.3 Å². The molecular weight excluding hydrogens is 474 g/mol. The number of nitrogens with one attached hydrogen (secondary N) is 1. The number of benzene rings is 1. The summed E-state index contributed by atoms with van der Waals surface area (Å²) in [6.07, 6.45) is 2.11. The van der Waals surface area contributed by atoms with Gasteiger partial charge in [0.1, 0.15) is 17.1 Å². The van der Waals surface area contributed by atoms with E-state index < -0.39 is 17.5 Å². The molecule has 4 rings (SSSR count). The van der Waals surface area contributed by atoms with Crippen molar-refractivity contribution >= 4 is 23.0 Å². The minimum atomic E-state index is -1.23. The first kappa shape index (κ1) is 25.4. The van der Waals surface area contributed by atoms with E-state index in [0.717, 1.165) is 0 Å². The highest BCUT2D eigenvalue weighted by Crippen LogP contribution is 2.29. The van der Waals surface area contributed by atoms with E-state index in [1.165, 1.54) is 24.4 Å². The van der Waals surface area contributed by atoms with Crippen LogP contribution in [0.15, 0.2) is 24.4 Å². The molecule has 0 radical (unpaired) electrons. The van der Waals surface area contributed by atoms with Crippen LogP contribution in [-0.4, -0.2) is 76.3 Å². The van der Waals surface area contributed by atoms with E-state index in [0.29, 0.717) is 50.1 Å². The molecule has 192 valence electrons. The van der Waals surface area contributed by atoms with Gasteiger partial charge in [0, 0.05) is 32.3 Å². The van der Waals surface area contributed by atoms with Crippen molar-refractivity contribution in [3.63, 3.8) is 0 Å². The number of halogens is 2. The van der Waals surface area contributed by atoms with E-state index in [9.17, 15) is 18.4 Å². The fraction of sp³-hybridized carbons (Fsp3) is 0.458. The van der Waals surface area contributed by atoms with Crippen LogP contribution in [-0.2, 0) is 9.47 Å². The van der Waals surface area contributed by atoms with Gasteiger partial charge in [-0.3, -0.25) is 9.78 Å². The number of pyridine rings is 1. The number of hydrogen-bond donors (Lipinski definition) is 1. The maximum atomic E-state index is 14.8. The van der Waals surface area contributed by atoms with Gasteiger partial charge >= 0.3 is 6.09 Å². The molecule has 1 N–H and O–H groups in total. The molecule has 0 spiro atoms. The van der Waals surface area contributed by atoms with Gasteiger partial charge in [0.2, 0.25) is 0 Å². The summed E-state index contributed by atoms with van der Waals surface area (Å²) in [6.45, 7) is 5.09. The fourth-order valence-electron chi connectivity index (χ4n) is 4.24. The van der Waals surface area contributed by atoms with Crippen LogP contribution in [0.1, 0.15) is 43.1 Å². The molecule has 2 aromatic heterocycles. The summed E-state index contributed by atoms with van der Waals surface area (Å²) in [5.74, 6) is -3.07. The molecule has 1 saturated heterocycles. The average Bonchev–Trinajstić information content (AvgIpc) is 3.29. The Kier molecular flexibility index (Phi) is 7.73. The molecule has 0 bridgehead atoms. The molecule has 1 atom stereocenters. The number of nitrogens with zero attached hydrogens (tertiary/aromatic N) is 5. The third-order valence-electron chi connectivity index (χ3n) is 6.07. The molecule has 1 fully saturated rings. The number of amides is 2. The molecule has 36 heavy (non-hydrogen) atoms. The van der Waals surface area contributed by atoms with Crippen LogP contribution in [0, 0.1) is 11.6 Å². The monoisotopic (exact) mass is 502 g/mol. The van der Waals surface area contributed by atoms with Crippen LogP contribution in [0.3, 0.4) is 0 Å². The van der Waals surface area contributed by atoms with Gasteiger partial charge in [-0.15, -0.1) is 5.10 Å². The van der Waals surface area contributed by atoms with Crippen molar-refractivity contribution in [3.8, 4) is 11.3 Å². The molecule has 0 unspecified atom stereocenters. The summed E-state index contributed by atoms with van der Waals surface area (Å²) in [7, 11) is 1.55. The van der Waals surface area contributed by atoms with Gasteiger partial charge in [-0.05, 0) is 44.9 Å². The van der Waals surface area contributed by atoms with Crippen molar-refractivity contribution in [1.82, 2.24) is 30.2 Å². The number of rotatable bonds is 7. The Hall–Kier alpha value is -3.67. The molecule has 1 aromatic carbocycles. The van der Waals surface area contributed by atoms with Crippen molar-refractivity contribution in [2.75, 3.05) is 33.4 Å². The maximum Gasteiger partial charge on any atom is 0.410 e. The lowest BCUT2D eigenvalue weighted by Crippen LogP contribution is -2.41. The molecular formula is C24H28F2N6O4. The number of carbonyl (C=O) groups excluding carboxylic acids is 2. The molecule has 1 aliphatic heterocycles. The van der Waals surface area contributed by atoms with Gasteiger partial charge in [-0.1, -0.05) is 5.21 Å². The van der Waals surface area contributed by atoms with Crippen molar-refractivity contribution in [2.24, 2.45) is 0 Å². The summed E-state index contributed by atoms with van der Waals surface area (Å²) in [6, 6.07) is 4.08. The second kappa shape index (κ2) is 10.9. The smallest absolute Gasteiger partial charge is 0.410 e. The van der Waals surface area contributed by atoms with Crippen molar-refractivity contribution in [3.05, 3.63) is 41.6 Å². The second-order valence-electron chi connectivity index (χ2n) is 8.61. The zero-order valence-corrected chi connectivity index (χ0v) is 20.3. The number of methoxy groups -OCH3 is 1. The van der Waals surface area contributed by atoms with Gasteiger partial charge in [-0.2, -0.15) is 0 Å². The highest BCUT2D eigenvalue weighted by molar-refractivity contribution is 5.95. The fourth-order valence-corrected chi connectivity index (χ4v) is 4.24. The lowest BCUT2D eigenvalue weighted by atomic mass is 10.0. The van der Waals surface area contributed by atoms with Gasteiger partial charge in [0.15, 0.2) is 11.6 Å². The predicted octanol–water partition coefficient (Wildman–Crippen LogP) is 3.33. The first-order valence-corrected chi connectivity index (χ1v) is 11.8. The topological polar surface area (TPSA) is 111 Å². The van der Waals surface area contributed by atoms with E-state index in [2.05, 4.69) is 20.6 Å². The highest BCUT2D eigenvalue weighted by atomic mass is 19.2. The number of carbonyl (C=O) groups is 2. The molecule has 12 heteroatoms. The first-order chi connectivity index (χ1) is 17.3. The largest absolute Gasteiger partial charge is 0.444 e. The third kappa shape index (κ3) is 5.13. The minimum absolute atomic E-state index is 0.00589. The molecule has 1 aliphatic rings. The molecule has 0 aliphatic carbocycles. The normalized spacial score (nSPS) is 15.2. The van der Waals surface area contributed by atoms with Crippen molar-refractivity contribution < 1.29 is 27.8 Å². The van der Waals surface area contributed by atoms with Crippen molar-refractivity contribution in [1.29, 1.82) is 0 Å². The maximum absolute atomic E-state index is 14.8. The Labute approximate surface area is 206 Å². The van der Waals surface area contributed by atoms with E-state index in [4.69, 9.17) is 9.47 Å². The number of ether oxygens (including phenoxy) is 2. The summed E-state index contributed by atoms with van der Waals surface area (Å²) in [4.78, 5) is 30.2. The third-order valence-corrected chi connectivity index (χ3v) is 6.07. The van der Waals surface area contributed by atoms with Crippen LogP contribution < -0.4 is 5.32 Å². The van der Waals surface area contributed by atoms with E-state index >= 15 is 0 Å². The van der Waals surface area contributed by atoms with Gasteiger partial charge in [0.05, 0.1) is 30.1 Å². The molecule has 3 aromatic rings. The number of piperidine rings is 1.